The lowest BCUT2D eigenvalue weighted by Gasteiger charge is -2.06. The number of carbonyl (C=O) groups is 1. The van der Waals surface area contributed by atoms with Crippen LogP contribution in [0.2, 0.25) is 0 Å². The van der Waals surface area contributed by atoms with Gasteiger partial charge >= 0.3 is 0 Å². The predicted octanol–water partition coefficient (Wildman–Crippen LogP) is 0.793. The van der Waals surface area contributed by atoms with Crippen LogP contribution in [0.3, 0.4) is 0 Å². The van der Waals surface area contributed by atoms with Crippen LogP contribution in [0.15, 0.2) is 4.42 Å². The third kappa shape index (κ3) is 4.28. The zero-order valence-corrected chi connectivity index (χ0v) is 11.6. The molecule has 0 saturated heterocycles. The molecule has 19 heavy (non-hydrogen) atoms. The normalized spacial score (nSPS) is 11.9. The second-order valence-electron chi connectivity index (χ2n) is 4.00. The number of nitrogens with one attached hydrogen (secondary N) is 1. The molecule has 0 aliphatic carbocycles. The molecule has 1 atom stereocenters. The molecule has 0 radical (unpaired) electrons. The van der Waals surface area contributed by atoms with E-state index in [1.165, 1.54) is 11.8 Å². The summed E-state index contributed by atoms with van der Waals surface area (Å²) >= 11 is 1.19. The first-order chi connectivity index (χ1) is 8.99. The number of aryl methyl sites for hydroxylation is 1. The molecule has 0 saturated carbocycles. The van der Waals surface area contributed by atoms with Crippen molar-refractivity contribution in [3.8, 4) is 6.07 Å². The Labute approximate surface area is 115 Å². The number of amides is 1. The lowest BCUT2D eigenvalue weighted by molar-refractivity contribution is -0.113. The molecular formula is C12H16N2O4S. The Morgan fingerprint density at radius 1 is 1.58 bits per heavy atom. The molecule has 1 amide bonds. The molecule has 1 rings (SSSR count). The SMILES string of the molecule is Cc1oc(NC(=O)CSCC(O)CO)c(C#N)c1C. The maximum absolute atomic E-state index is 11.6. The average molecular weight is 284 g/mol. The first kappa shape index (κ1) is 15.6. The van der Waals surface area contributed by atoms with Crippen molar-refractivity contribution in [2.45, 2.75) is 20.0 Å². The minimum absolute atomic E-state index is 0.112. The van der Waals surface area contributed by atoms with E-state index < -0.39 is 6.10 Å². The molecule has 1 aromatic rings. The van der Waals surface area contributed by atoms with Gasteiger partial charge in [0, 0.05) is 11.3 Å². The highest BCUT2D eigenvalue weighted by Crippen LogP contribution is 2.25. The topological polar surface area (TPSA) is 106 Å². The number of hydrogen-bond donors (Lipinski definition) is 3. The fourth-order valence-electron chi connectivity index (χ4n) is 1.35. The lowest BCUT2D eigenvalue weighted by Crippen LogP contribution is -2.19. The molecule has 1 unspecified atom stereocenters. The van der Waals surface area contributed by atoms with Gasteiger partial charge in [-0.15, -0.1) is 11.8 Å². The largest absolute Gasteiger partial charge is 0.444 e. The van der Waals surface area contributed by atoms with E-state index in [1.807, 2.05) is 6.07 Å². The first-order valence-corrected chi connectivity index (χ1v) is 6.81. The van der Waals surface area contributed by atoms with Gasteiger partial charge in [-0.05, 0) is 13.8 Å². The van der Waals surface area contributed by atoms with E-state index in [4.69, 9.17) is 19.9 Å². The molecule has 0 fully saturated rings. The summed E-state index contributed by atoms with van der Waals surface area (Å²) in [5.41, 5.74) is 1.03. The van der Waals surface area contributed by atoms with E-state index in [9.17, 15) is 4.79 Å². The molecule has 0 bridgehead atoms. The molecule has 0 aromatic carbocycles. The van der Waals surface area contributed by atoms with Crippen molar-refractivity contribution < 1.29 is 19.4 Å². The molecule has 0 spiro atoms. The van der Waals surface area contributed by atoms with Gasteiger partial charge in [-0.25, -0.2) is 0 Å². The fraction of sp³-hybridized carbons (Fsp3) is 0.500. The van der Waals surface area contributed by atoms with Crippen LogP contribution in [0.4, 0.5) is 5.88 Å². The minimum Gasteiger partial charge on any atom is -0.444 e. The summed E-state index contributed by atoms with van der Waals surface area (Å²) in [6.45, 7) is 3.14. The molecule has 1 heterocycles. The van der Waals surface area contributed by atoms with E-state index in [1.54, 1.807) is 13.8 Å². The van der Waals surface area contributed by atoms with Crippen LogP contribution in [0.1, 0.15) is 16.9 Å². The van der Waals surface area contributed by atoms with Gasteiger partial charge in [0.2, 0.25) is 11.8 Å². The first-order valence-electron chi connectivity index (χ1n) is 5.66. The molecule has 1 aromatic heterocycles. The lowest BCUT2D eigenvalue weighted by atomic mass is 10.2. The van der Waals surface area contributed by atoms with E-state index in [-0.39, 0.29) is 29.9 Å². The van der Waals surface area contributed by atoms with Crippen LogP contribution in [-0.2, 0) is 4.79 Å². The predicted molar refractivity (Wildman–Crippen MR) is 71.9 cm³/mol. The quantitative estimate of drug-likeness (QED) is 0.713. The Morgan fingerprint density at radius 2 is 2.26 bits per heavy atom. The highest BCUT2D eigenvalue weighted by atomic mass is 32.2. The monoisotopic (exact) mass is 284 g/mol. The van der Waals surface area contributed by atoms with E-state index in [2.05, 4.69) is 5.32 Å². The van der Waals surface area contributed by atoms with Gasteiger partial charge in [-0.2, -0.15) is 5.26 Å². The van der Waals surface area contributed by atoms with Crippen molar-refractivity contribution in [2.24, 2.45) is 0 Å². The Bertz CT molecular complexity index is 493. The molecule has 6 nitrogen and oxygen atoms in total. The van der Waals surface area contributed by atoms with Gasteiger partial charge in [-0.3, -0.25) is 10.1 Å². The van der Waals surface area contributed by atoms with Crippen molar-refractivity contribution in [3.63, 3.8) is 0 Å². The Balaban J connectivity index is 2.54. The molecule has 7 heteroatoms. The number of hydrogen-bond acceptors (Lipinski definition) is 6. The van der Waals surface area contributed by atoms with Crippen LogP contribution in [0.5, 0.6) is 0 Å². The van der Waals surface area contributed by atoms with E-state index in [0.717, 1.165) is 0 Å². The smallest absolute Gasteiger partial charge is 0.236 e. The highest BCUT2D eigenvalue weighted by molar-refractivity contribution is 8.00. The molecular weight excluding hydrogens is 268 g/mol. The number of rotatable bonds is 6. The number of nitriles is 1. The van der Waals surface area contributed by atoms with Crippen molar-refractivity contribution in [1.82, 2.24) is 0 Å². The number of thioether (sulfide) groups is 1. The zero-order valence-electron chi connectivity index (χ0n) is 10.8. The van der Waals surface area contributed by atoms with Gasteiger partial charge in [0.05, 0.1) is 18.5 Å². The van der Waals surface area contributed by atoms with Crippen LogP contribution >= 0.6 is 11.8 Å². The summed E-state index contributed by atoms with van der Waals surface area (Å²) in [6.07, 6.45) is -0.833. The summed E-state index contributed by atoms with van der Waals surface area (Å²) in [5.74, 6) is 0.813. The number of aliphatic hydroxyl groups excluding tert-OH is 2. The Hall–Kier alpha value is -1.49. The Kier molecular flexibility index (Phi) is 5.89. The van der Waals surface area contributed by atoms with Crippen molar-refractivity contribution in [3.05, 3.63) is 16.9 Å². The third-order valence-corrected chi connectivity index (χ3v) is 3.59. The van der Waals surface area contributed by atoms with Gasteiger partial charge in [0.25, 0.3) is 0 Å². The number of carbonyl (C=O) groups excluding carboxylic acids is 1. The van der Waals surface area contributed by atoms with Gasteiger partial charge < -0.3 is 14.6 Å². The summed E-state index contributed by atoms with van der Waals surface area (Å²) in [4.78, 5) is 11.6. The molecule has 0 aliphatic heterocycles. The van der Waals surface area contributed by atoms with E-state index in [0.29, 0.717) is 16.9 Å². The number of aliphatic hydroxyl groups is 2. The second kappa shape index (κ2) is 7.19. The summed E-state index contributed by atoms with van der Waals surface area (Å²) in [5, 5.41) is 29.2. The van der Waals surface area contributed by atoms with Crippen molar-refractivity contribution >= 4 is 23.6 Å². The maximum atomic E-state index is 11.6. The summed E-state index contributed by atoms with van der Waals surface area (Å²) in [6, 6.07) is 1.99. The van der Waals surface area contributed by atoms with Crippen LogP contribution in [0.25, 0.3) is 0 Å². The fourth-order valence-corrected chi connectivity index (χ4v) is 2.11. The van der Waals surface area contributed by atoms with Crippen LogP contribution < -0.4 is 5.32 Å². The molecule has 0 aliphatic rings. The molecule has 104 valence electrons. The van der Waals surface area contributed by atoms with Crippen molar-refractivity contribution in [1.29, 1.82) is 5.26 Å². The second-order valence-corrected chi connectivity index (χ2v) is 5.03. The average Bonchev–Trinajstić information content (AvgIpc) is 2.64. The van der Waals surface area contributed by atoms with Gasteiger partial charge in [-0.1, -0.05) is 0 Å². The minimum atomic E-state index is -0.833. The number of anilines is 1. The standard InChI is InChI=1S/C12H16N2O4S/c1-7-8(2)18-12(10(7)3-13)14-11(17)6-19-5-9(16)4-15/h9,15-16H,4-6H2,1-2H3,(H,14,17). The van der Waals surface area contributed by atoms with Crippen LogP contribution in [0, 0.1) is 25.2 Å². The zero-order chi connectivity index (χ0) is 14.4. The van der Waals surface area contributed by atoms with Gasteiger partial charge in [0.1, 0.15) is 17.4 Å². The number of furan rings is 1. The summed E-state index contributed by atoms with van der Waals surface area (Å²) in [7, 11) is 0. The summed E-state index contributed by atoms with van der Waals surface area (Å²) < 4.78 is 5.30. The molecule has 3 N–H and O–H groups in total. The number of nitrogens with zero attached hydrogens (tertiary/aromatic N) is 1. The highest BCUT2D eigenvalue weighted by Gasteiger charge is 2.16. The third-order valence-electron chi connectivity index (χ3n) is 2.50. The van der Waals surface area contributed by atoms with Crippen LogP contribution in [-0.4, -0.2) is 40.3 Å². The maximum Gasteiger partial charge on any atom is 0.236 e. The van der Waals surface area contributed by atoms with E-state index >= 15 is 0 Å². The van der Waals surface area contributed by atoms with Gasteiger partial charge in [0.15, 0.2) is 0 Å². The Morgan fingerprint density at radius 3 is 2.84 bits per heavy atom. The van der Waals surface area contributed by atoms with Crippen molar-refractivity contribution in [2.75, 3.05) is 23.4 Å².